The fourth-order valence-corrected chi connectivity index (χ4v) is 2.69. The molecule has 1 aliphatic rings. The summed E-state index contributed by atoms with van der Waals surface area (Å²) in [5, 5.41) is 13.3. The summed E-state index contributed by atoms with van der Waals surface area (Å²) in [6.07, 6.45) is -0.478. The number of methoxy groups -OCH3 is 1. The van der Waals surface area contributed by atoms with Crippen molar-refractivity contribution in [3.05, 3.63) is 35.9 Å². The van der Waals surface area contributed by atoms with Crippen molar-refractivity contribution >= 4 is 30.7 Å². The number of carbonyl (C=O) groups is 1. The molecule has 0 aromatic heterocycles. The molecule has 0 radical (unpaired) electrons. The van der Waals surface area contributed by atoms with E-state index in [-0.39, 0.29) is 30.7 Å². The average Bonchev–Trinajstić information content (AvgIpc) is 2.60. The van der Waals surface area contributed by atoms with Gasteiger partial charge in [-0.2, -0.15) is 0 Å². The Bertz CT molecular complexity index is 471. The van der Waals surface area contributed by atoms with Crippen molar-refractivity contribution in [3.8, 4) is 0 Å². The van der Waals surface area contributed by atoms with Crippen molar-refractivity contribution in [1.82, 2.24) is 15.1 Å². The van der Waals surface area contributed by atoms with Crippen LogP contribution in [-0.2, 0) is 9.53 Å². The van der Waals surface area contributed by atoms with Crippen molar-refractivity contribution in [2.45, 2.75) is 6.10 Å². The lowest BCUT2D eigenvalue weighted by Crippen LogP contribution is -2.51. The van der Waals surface area contributed by atoms with Crippen LogP contribution in [0.15, 0.2) is 30.3 Å². The molecule has 0 saturated carbocycles. The zero-order valence-electron chi connectivity index (χ0n) is 14.6. The molecule has 0 bridgehead atoms. The predicted molar refractivity (Wildman–Crippen MR) is 104 cm³/mol. The van der Waals surface area contributed by atoms with Crippen molar-refractivity contribution in [2.75, 3.05) is 59.5 Å². The first kappa shape index (κ1) is 24.1. The molecule has 144 valence electrons. The highest BCUT2D eigenvalue weighted by atomic mass is 35.5. The summed E-state index contributed by atoms with van der Waals surface area (Å²) in [5.41, 5.74) is 0.938. The topological polar surface area (TPSA) is 65.0 Å². The summed E-state index contributed by atoms with van der Waals surface area (Å²) in [6.45, 7) is 5.29. The Kier molecular flexibility index (Phi) is 12.9. The molecule has 1 heterocycles. The summed E-state index contributed by atoms with van der Waals surface area (Å²) in [5.74, 6) is 0.129. The number of nitrogens with zero attached hydrogens (tertiary/aromatic N) is 2. The Labute approximate surface area is 162 Å². The predicted octanol–water partition coefficient (Wildman–Crippen LogP) is 0.944. The minimum atomic E-state index is -0.478. The van der Waals surface area contributed by atoms with Crippen LogP contribution in [0.3, 0.4) is 0 Å². The van der Waals surface area contributed by atoms with Gasteiger partial charge in [-0.1, -0.05) is 30.3 Å². The highest BCUT2D eigenvalue weighted by molar-refractivity contribution is 5.85. The van der Waals surface area contributed by atoms with E-state index < -0.39 is 6.10 Å². The molecular formula is C17H29Cl2N3O3. The van der Waals surface area contributed by atoms with Gasteiger partial charge >= 0.3 is 0 Å². The maximum Gasteiger partial charge on any atom is 0.236 e. The van der Waals surface area contributed by atoms with Crippen LogP contribution in [0.5, 0.6) is 0 Å². The minimum absolute atomic E-state index is 0. The van der Waals surface area contributed by atoms with Crippen LogP contribution in [0.2, 0.25) is 0 Å². The van der Waals surface area contributed by atoms with Crippen molar-refractivity contribution in [3.63, 3.8) is 0 Å². The van der Waals surface area contributed by atoms with E-state index >= 15 is 0 Å². The molecule has 1 saturated heterocycles. The van der Waals surface area contributed by atoms with Crippen LogP contribution < -0.4 is 5.32 Å². The van der Waals surface area contributed by atoms with Gasteiger partial charge in [-0.3, -0.25) is 9.69 Å². The van der Waals surface area contributed by atoms with Crippen molar-refractivity contribution in [1.29, 1.82) is 0 Å². The van der Waals surface area contributed by atoms with E-state index in [9.17, 15) is 9.90 Å². The minimum Gasteiger partial charge on any atom is -0.387 e. The van der Waals surface area contributed by atoms with E-state index in [1.807, 2.05) is 35.2 Å². The molecule has 0 spiro atoms. The van der Waals surface area contributed by atoms with Crippen LogP contribution in [0, 0.1) is 0 Å². The maximum absolute atomic E-state index is 12.1. The van der Waals surface area contributed by atoms with Crippen LogP contribution in [-0.4, -0.2) is 80.3 Å². The van der Waals surface area contributed by atoms with Crippen LogP contribution in [0.4, 0.5) is 0 Å². The van der Waals surface area contributed by atoms with Gasteiger partial charge in [0.2, 0.25) is 5.91 Å². The van der Waals surface area contributed by atoms with Crippen LogP contribution in [0.1, 0.15) is 11.7 Å². The third kappa shape index (κ3) is 8.35. The lowest BCUT2D eigenvalue weighted by molar-refractivity contribution is -0.132. The first-order valence-corrected chi connectivity index (χ1v) is 8.13. The second-order valence-electron chi connectivity index (χ2n) is 5.78. The van der Waals surface area contributed by atoms with E-state index in [1.54, 1.807) is 7.11 Å². The summed E-state index contributed by atoms with van der Waals surface area (Å²) in [7, 11) is 1.65. The van der Waals surface area contributed by atoms with Crippen LogP contribution >= 0.6 is 24.8 Å². The fraction of sp³-hybridized carbons (Fsp3) is 0.588. The lowest BCUT2D eigenvalue weighted by Gasteiger charge is -2.35. The molecule has 1 atom stereocenters. The second kappa shape index (κ2) is 13.3. The summed E-state index contributed by atoms with van der Waals surface area (Å²) in [4.78, 5) is 16.2. The molecule has 1 aromatic carbocycles. The van der Waals surface area contributed by atoms with Gasteiger partial charge in [0.25, 0.3) is 0 Å². The normalized spacial score (nSPS) is 15.8. The van der Waals surface area contributed by atoms with Gasteiger partial charge in [0.15, 0.2) is 0 Å². The number of aliphatic hydroxyl groups is 1. The Hall–Kier alpha value is -0.890. The van der Waals surface area contributed by atoms with E-state index in [2.05, 4.69) is 10.2 Å². The summed E-state index contributed by atoms with van der Waals surface area (Å²) < 4.78 is 4.94. The van der Waals surface area contributed by atoms with Gasteiger partial charge < -0.3 is 20.1 Å². The molecule has 1 aromatic rings. The molecule has 6 nitrogen and oxygen atoms in total. The van der Waals surface area contributed by atoms with Gasteiger partial charge in [-0.05, 0) is 5.56 Å². The number of β-amino-alcohol motifs (C(OH)–C–C–N with tert-alkyl or cyclic N) is 1. The highest BCUT2D eigenvalue weighted by Crippen LogP contribution is 2.14. The smallest absolute Gasteiger partial charge is 0.236 e. The van der Waals surface area contributed by atoms with E-state index in [0.29, 0.717) is 39.3 Å². The number of halogens is 2. The Morgan fingerprint density at radius 1 is 1.20 bits per heavy atom. The number of aliphatic hydroxyl groups excluding tert-OH is 1. The van der Waals surface area contributed by atoms with Crippen molar-refractivity contribution in [2.24, 2.45) is 0 Å². The van der Waals surface area contributed by atoms with E-state index in [0.717, 1.165) is 18.7 Å². The lowest BCUT2D eigenvalue weighted by atomic mass is 10.1. The van der Waals surface area contributed by atoms with E-state index in [4.69, 9.17) is 4.74 Å². The number of rotatable bonds is 8. The summed E-state index contributed by atoms with van der Waals surface area (Å²) in [6, 6.07) is 9.70. The third-order valence-corrected chi connectivity index (χ3v) is 4.10. The fourth-order valence-electron chi connectivity index (χ4n) is 2.69. The molecule has 0 aliphatic carbocycles. The largest absolute Gasteiger partial charge is 0.387 e. The van der Waals surface area contributed by atoms with Gasteiger partial charge in [-0.15, -0.1) is 24.8 Å². The zero-order valence-corrected chi connectivity index (χ0v) is 16.2. The van der Waals surface area contributed by atoms with Gasteiger partial charge in [0, 0.05) is 46.4 Å². The number of amides is 1. The van der Waals surface area contributed by atoms with Gasteiger partial charge in [0.05, 0.1) is 19.3 Å². The number of nitrogens with one attached hydrogen (secondary N) is 1. The maximum atomic E-state index is 12.1. The summed E-state index contributed by atoms with van der Waals surface area (Å²) >= 11 is 0. The molecule has 1 aliphatic heterocycles. The second-order valence-corrected chi connectivity index (χ2v) is 5.78. The SMILES string of the molecule is COCCNCC(=O)N1CCN(CC(O)c2ccccc2)CC1.Cl.Cl. The first-order chi connectivity index (χ1) is 11.2. The molecule has 2 rings (SSSR count). The molecule has 1 fully saturated rings. The Morgan fingerprint density at radius 2 is 1.84 bits per heavy atom. The highest BCUT2D eigenvalue weighted by Gasteiger charge is 2.22. The van der Waals surface area contributed by atoms with Gasteiger partial charge in [0.1, 0.15) is 0 Å². The Balaban J connectivity index is 0.00000288. The number of carbonyl (C=O) groups excluding carboxylic acids is 1. The van der Waals surface area contributed by atoms with E-state index in [1.165, 1.54) is 0 Å². The number of benzene rings is 1. The molecule has 2 N–H and O–H groups in total. The number of hydrogen-bond donors (Lipinski definition) is 2. The molecule has 8 heteroatoms. The molecule has 1 unspecified atom stereocenters. The Morgan fingerprint density at radius 3 is 2.44 bits per heavy atom. The standard InChI is InChI=1S/C17H27N3O3.2ClH/c1-23-12-7-18-13-17(22)20-10-8-19(9-11-20)14-16(21)15-5-3-2-4-6-15;;/h2-6,16,18,21H,7-14H2,1H3;2*1H. The molecular weight excluding hydrogens is 365 g/mol. The molecule has 1 amide bonds. The zero-order chi connectivity index (χ0) is 16.5. The number of ether oxygens (including phenoxy) is 1. The molecule has 25 heavy (non-hydrogen) atoms. The van der Waals surface area contributed by atoms with Crippen LogP contribution in [0.25, 0.3) is 0 Å². The van der Waals surface area contributed by atoms with Gasteiger partial charge in [-0.25, -0.2) is 0 Å². The average molecular weight is 394 g/mol. The third-order valence-electron chi connectivity index (χ3n) is 4.10. The van der Waals surface area contributed by atoms with Crippen molar-refractivity contribution < 1.29 is 14.6 Å². The number of hydrogen-bond acceptors (Lipinski definition) is 5. The quantitative estimate of drug-likeness (QED) is 0.643. The number of piperazine rings is 1. The first-order valence-electron chi connectivity index (χ1n) is 8.13. The monoisotopic (exact) mass is 393 g/mol.